The van der Waals surface area contributed by atoms with Gasteiger partial charge in [-0.05, 0) is 0 Å². The fourth-order valence-corrected chi connectivity index (χ4v) is 0.335. The van der Waals surface area contributed by atoms with Crippen molar-refractivity contribution in [2.24, 2.45) is 4.99 Å². The maximum atomic E-state index is 9.14. The number of nitrogens with zero attached hydrogens (tertiary/aromatic N) is 1. The van der Waals surface area contributed by atoms with Crippen molar-refractivity contribution in [3.8, 4) is 0 Å². The van der Waals surface area contributed by atoms with Crippen molar-refractivity contribution >= 4 is 22.6 Å². The second kappa shape index (κ2) is 3.92. The number of hydrogen-bond acceptors (Lipinski definition) is 2. The molecule has 0 heterocycles. The number of hydrogen-bond donors (Lipinski definition) is 0. The van der Waals surface area contributed by atoms with E-state index in [1.807, 2.05) is 0 Å². The summed E-state index contributed by atoms with van der Waals surface area (Å²) < 4.78 is 0. The molecule has 0 radical (unpaired) electrons. The van der Waals surface area contributed by atoms with Crippen molar-refractivity contribution in [2.75, 3.05) is 5.38 Å². The molecule has 0 aromatic carbocycles. The molecule has 3 heteroatoms. The first-order valence-corrected chi connectivity index (χ1v) is 4.42. The number of rotatable bonds is 1. The Morgan fingerprint density at radius 1 is 2.00 bits per heavy atom. The summed E-state index contributed by atoms with van der Waals surface area (Å²) in [7, 11) is 0. The topological polar surface area (TPSA) is 29.4 Å². The molecule has 0 aromatic heterocycles. The van der Waals surface area contributed by atoms with E-state index in [0.717, 1.165) is 5.38 Å². The van der Waals surface area contributed by atoms with Gasteiger partial charge in [0, 0.05) is 0 Å². The van der Waals surface area contributed by atoms with Gasteiger partial charge in [0.15, 0.2) is 0 Å². The molecule has 2 nitrogen and oxygen atoms in total. The van der Waals surface area contributed by atoms with Crippen LogP contribution in [0.5, 0.6) is 0 Å². The summed E-state index contributed by atoms with van der Waals surface area (Å²) in [5, 5.41) is 0.733. The summed E-state index contributed by atoms with van der Waals surface area (Å²) >= 11 is 0.685. The predicted molar refractivity (Wildman–Crippen MR) is 22.9 cm³/mol. The summed E-state index contributed by atoms with van der Waals surface area (Å²) in [5.41, 5.74) is 0. The van der Waals surface area contributed by atoms with E-state index >= 15 is 0 Å². The van der Waals surface area contributed by atoms with Gasteiger partial charge in [-0.15, -0.1) is 0 Å². The van der Waals surface area contributed by atoms with E-state index in [-0.39, 0.29) is 0 Å². The molecule has 0 aromatic rings. The summed E-state index contributed by atoms with van der Waals surface area (Å²) in [6.07, 6.45) is 1.44. The van der Waals surface area contributed by atoms with E-state index in [1.54, 1.807) is 0 Å². The van der Waals surface area contributed by atoms with Crippen LogP contribution in [0, 0.1) is 0 Å². The first kappa shape index (κ1) is 4.92. The molecule has 5 heavy (non-hydrogen) atoms. The normalized spacial score (nSPS) is 6.40. The van der Waals surface area contributed by atoms with E-state index in [2.05, 4.69) is 4.99 Å². The minimum atomic E-state index is 0.685. The molecule has 0 saturated carbocycles. The van der Waals surface area contributed by atoms with Crippen LogP contribution in [0.15, 0.2) is 4.99 Å². The van der Waals surface area contributed by atoms with Gasteiger partial charge in [0.05, 0.1) is 0 Å². The van der Waals surface area contributed by atoms with Crippen molar-refractivity contribution in [3.05, 3.63) is 0 Å². The van der Waals surface area contributed by atoms with Crippen LogP contribution in [0.4, 0.5) is 0 Å². The Bertz CT molecular complexity index is 56.7. The molecule has 0 spiro atoms. The predicted octanol–water partition coefficient (Wildman–Crippen LogP) is -1.35. The van der Waals surface area contributed by atoms with Gasteiger partial charge >= 0.3 is 37.8 Å². The molecule has 0 atom stereocenters. The van der Waals surface area contributed by atoms with Crippen LogP contribution in [0.2, 0.25) is 0 Å². The first-order valence-electron chi connectivity index (χ1n) is 1.45. The Morgan fingerprint density at radius 3 is 2.60 bits per heavy atom. The van der Waals surface area contributed by atoms with Crippen molar-refractivity contribution in [3.63, 3.8) is 0 Å². The summed E-state index contributed by atoms with van der Waals surface area (Å²) in [5.74, 6) is 0. The third-order valence-electron chi connectivity index (χ3n) is 0.223. The average molecular weight is 132 g/mol. The monoisotopic (exact) mass is 133 g/mol. The molecule has 0 aliphatic carbocycles. The van der Waals surface area contributed by atoms with E-state index in [1.165, 1.54) is 6.08 Å². The summed E-state index contributed by atoms with van der Waals surface area (Å²) in [6, 6.07) is 0. The van der Waals surface area contributed by atoms with Gasteiger partial charge in [0.1, 0.15) is 0 Å². The second-order valence-corrected chi connectivity index (χ2v) is 1.89. The molecule has 28 valence electrons. The van der Waals surface area contributed by atoms with Crippen LogP contribution in [0.3, 0.4) is 0 Å². The van der Waals surface area contributed by atoms with E-state index in [9.17, 15) is 0 Å². The fraction of sp³-hybridized carbons (Fsp3) is 0.500. The Balaban J connectivity index is 2.93. The molecule has 0 aliphatic heterocycles. The maximum absolute atomic E-state index is 9.14. The molecule has 0 bridgehead atoms. The van der Waals surface area contributed by atoms with Crippen molar-refractivity contribution in [2.45, 2.75) is 0 Å². The summed E-state index contributed by atoms with van der Waals surface area (Å²) in [6.45, 7) is 0. The number of isocyanates is 1. The van der Waals surface area contributed by atoms with E-state index < -0.39 is 0 Å². The van der Waals surface area contributed by atoms with Gasteiger partial charge in [0.2, 0.25) is 0 Å². The van der Waals surface area contributed by atoms with Gasteiger partial charge in [-0.25, -0.2) is 0 Å². The molecule has 0 N–H and O–H groups in total. The summed E-state index contributed by atoms with van der Waals surface area (Å²) in [4.78, 5) is 12.4. The Kier molecular flexibility index (Phi) is 3.86. The molecule has 0 fully saturated rings. The van der Waals surface area contributed by atoms with Gasteiger partial charge in [-0.3, -0.25) is 0 Å². The average Bonchev–Trinajstić information content (AvgIpc) is 1.41. The van der Waals surface area contributed by atoms with Gasteiger partial charge in [-0.1, -0.05) is 0 Å². The zero-order valence-electron chi connectivity index (χ0n) is 3.06. The Morgan fingerprint density at radius 2 is 2.60 bits per heavy atom. The standard InChI is InChI=1S/C2H5GeNO/c3-1-4-2-5/h1H2,3H3. The van der Waals surface area contributed by atoms with Crippen molar-refractivity contribution in [1.82, 2.24) is 0 Å². The second-order valence-electron chi connectivity index (χ2n) is 0.566. The zero-order chi connectivity index (χ0) is 4.12. The fourth-order valence-electron chi connectivity index (χ4n) is 0.0645. The van der Waals surface area contributed by atoms with Crippen LogP contribution in [-0.4, -0.2) is 28.0 Å². The Hall–Kier alpha value is -0.0771. The molecule has 0 aliphatic rings. The van der Waals surface area contributed by atoms with Gasteiger partial charge < -0.3 is 0 Å². The van der Waals surface area contributed by atoms with Gasteiger partial charge in [0.25, 0.3) is 0 Å². The van der Waals surface area contributed by atoms with Gasteiger partial charge in [-0.2, -0.15) is 0 Å². The zero-order valence-corrected chi connectivity index (χ0v) is 7.26. The van der Waals surface area contributed by atoms with Crippen molar-refractivity contribution in [1.29, 1.82) is 0 Å². The Labute approximate surface area is 38.5 Å². The van der Waals surface area contributed by atoms with Crippen LogP contribution in [-0.2, 0) is 4.79 Å². The molecule has 0 rings (SSSR count). The third-order valence-corrected chi connectivity index (χ3v) is 0.886. The quantitative estimate of drug-likeness (QED) is 0.246. The molecular weight excluding hydrogens is 127 g/mol. The number of carbonyl (C=O) groups excluding carboxylic acids is 1. The van der Waals surface area contributed by atoms with Crippen molar-refractivity contribution < 1.29 is 4.79 Å². The third kappa shape index (κ3) is 3.92. The van der Waals surface area contributed by atoms with E-state index in [0.29, 0.717) is 16.5 Å². The van der Waals surface area contributed by atoms with Crippen LogP contribution >= 0.6 is 0 Å². The minimum absolute atomic E-state index is 0.685. The molecule has 0 unspecified atom stereocenters. The van der Waals surface area contributed by atoms with Crippen LogP contribution in [0.1, 0.15) is 0 Å². The molecule has 0 amide bonds. The van der Waals surface area contributed by atoms with Crippen LogP contribution < -0.4 is 0 Å². The first-order chi connectivity index (χ1) is 2.41. The SMILES string of the molecule is O=C=N[CH2][GeH3]. The van der Waals surface area contributed by atoms with E-state index in [4.69, 9.17) is 4.79 Å². The molecule has 0 saturated heterocycles. The number of aliphatic imine (C=N–C) groups is 1. The molecular formula is C2H5GeNO. The van der Waals surface area contributed by atoms with Crippen LogP contribution in [0.25, 0.3) is 0 Å².